The normalized spacial score (nSPS) is 15.0. The molecule has 5 aromatic rings. The average Bonchev–Trinajstić information content (AvgIpc) is 3.28. The maximum absolute atomic E-state index is 12.6. The first kappa shape index (κ1) is 54.3. The van der Waals surface area contributed by atoms with Crippen molar-refractivity contribution in [3.63, 3.8) is 0 Å². The molecule has 0 aliphatic heterocycles. The SMILES string of the molecule is CN(C)c1cccc2c(COc3ccc(C(O)P(=O)(O)CC[C@H](N)C(=O)O)cc3[N+](=O)[O-])cccc12.Cc1ccc(S(=O)(=O)Oc2ccc(C(O)P(=O)(O)CC[C@H](N)C(=O)O)cc2[N+](=O)[O-])cc1. The quantitative estimate of drug-likeness (QED) is 0.0203. The van der Waals surface area contributed by atoms with Crippen LogP contribution in [0, 0.1) is 27.2 Å². The minimum atomic E-state index is -4.43. The maximum Gasteiger partial charge on any atom is 0.339 e. The lowest BCUT2D eigenvalue weighted by molar-refractivity contribution is -0.386. The molecule has 0 amide bonds. The minimum Gasteiger partial charge on any atom is -0.482 e. The lowest BCUT2D eigenvalue weighted by atomic mass is 10.0. The van der Waals surface area contributed by atoms with E-state index in [2.05, 4.69) is 0 Å². The molecule has 0 aromatic heterocycles. The summed E-state index contributed by atoms with van der Waals surface area (Å²) in [5.41, 5.74) is 11.4. The number of carbonyl (C=O) groups is 2. The highest BCUT2D eigenvalue weighted by Gasteiger charge is 2.35. The van der Waals surface area contributed by atoms with E-state index < -0.39 is 106 Å². The Hall–Kier alpha value is -6.33. The third kappa shape index (κ3) is 13.9. The van der Waals surface area contributed by atoms with Gasteiger partial charge in [0.15, 0.2) is 17.4 Å². The molecule has 0 bridgehead atoms. The van der Waals surface area contributed by atoms with E-state index in [1.807, 2.05) is 55.4 Å². The predicted molar refractivity (Wildman–Crippen MR) is 248 cm³/mol. The molecule has 0 radical (unpaired) electrons. The van der Waals surface area contributed by atoms with Crippen molar-refractivity contribution in [2.24, 2.45) is 11.5 Å². The molecule has 10 N–H and O–H groups in total. The van der Waals surface area contributed by atoms with Crippen molar-refractivity contribution in [3.05, 3.63) is 140 Å². The van der Waals surface area contributed by atoms with Crippen molar-refractivity contribution >= 4 is 64.6 Å². The van der Waals surface area contributed by atoms with Crippen molar-refractivity contribution in [2.45, 2.75) is 55.0 Å². The second-order valence-corrected chi connectivity index (χ2v) is 21.9. The monoisotopic (exact) mass is 1010 g/mol. The Bertz CT molecular complexity index is 2890. The zero-order valence-electron chi connectivity index (χ0n) is 36.5. The molecule has 366 valence electrons. The zero-order valence-corrected chi connectivity index (χ0v) is 39.1. The Kier molecular flexibility index (Phi) is 18.1. The molecule has 0 aliphatic carbocycles. The first-order valence-electron chi connectivity index (χ1n) is 20.0. The molecule has 23 nitrogen and oxygen atoms in total. The van der Waals surface area contributed by atoms with E-state index in [1.165, 1.54) is 36.4 Å². The first-order valence-corrected chi connectivity index (χ1v) is 25.2. The number of ether oxygens (including phenoxy) is 1. The van der Waals surface area contributed by atoms with E-state index in [0.29, 0.717) is 6.07 Å². The van der Waals surface area contributed by atoms with Gasteiger partial charge < -0.3 is 55.5 Å². The van der Waals surface area contributed by atoms with Gasteiger partial charge in [-0.2, -0.15) is 8.42 Å². The van der Waals surface area contributed by atoms with Crippen LogP contribution in [0.15, 0.2) is 102 Å². The van der Waals surface area contributed by atoms with Crippen LogP contribution in [0.1, 0.15) is 46.8 Å². The molecule has 26 heteroatoms. The fraction of sp³-hybridized carbons (Fsp3) is 0.286. The van der Waals surface area contributed by atoms with Crippen LogP contribution in [0.3, 0.4) is 0 Å². The summed E-state index contributed by atoms with van der Waals surface area (Å²) in [6.07, 6.45) is -1.98. The molecule has 4 unspecified atom stereocenters. The summed E-state index contributed by atoms with van der Waals surface area (Å²) in [5, 5.41) is 63.3. The lowest BCUT2D eigenvalue weighted by Gasteiger charge is -2.20. The Morgan fingerprint density at radius 3 is 1.65 bits per heavy atom. The number of aliphatic hydroxyl groups excluding tert-OH is 2. The van der Waals surface area contributed by atoms with Crippen LogP contribution in [-0.2, 0) is 35.4 Å². The van der Waals surface area contributed by atoms with E-state index in [9.17, 15) is 67.4 Å². The summed E-state index contributed by atoms with van der Waals surface area (Å²) in [6.45, 7) is 1.77. The highest BCUT2D eigenvalue weighted by Crippen LogP contribution is 2.56. The van der Waals surface area contributed by atoms with E-state index in [-0.39, 0.29) is 34.8 Å². The highest BCUT2D eigenvalue weighted by molar-refractivity contribution is 7.87. The largest absolute Gasteiger partial charge is 0.482 e. The van der Waals surface area contributed by atoms with E-state index in [4.69, 9.17) is 30.6 Å². The number of fused-ring (bicyclic) bond motifs is 1. The van der Waals surface area contributed by atoms with Crippen LogP contribution >= 0.6 is 14.7 Å². The Morgan fingerprint density at radius 2 is 1.18 bits per heavy atom. The summed E-state index contributed by atoms with van der Waals surface area (Å²) < 4.78 is 60.5. The Morgan fingerprint density at radius 1 is 0.721 bits per heavy atom. The maximum atomic E-state index is 12.6. The number of carboxylic acids is 2. The fourth-order valence-electron chi connectivity index (χ4n) is 6.37. The van der Waals surface area contributed by atoms with Crippen molar-refractivity contribution in [2.75, 3.05) is 31.3 Å². The van der Waals surface area contributed by atoms with E-state index >= 15 is 0 Å². The number of nitro benzene ring substituents is 2. The van der Waals surface area contributed by atoms with Crippen LogP contribution in [0.2, 0.25) is 0 Å². The number of nitrogens with zero attached hydrogens (tertiary/aromatic N) is 3. The van der Waals surface area contributed by atoms with Crippen LogP contribution in [0.5, 0.6) is 11.5 Å². The number of aliphatic carboxylic acids is 2. The molecule has 0 saturated heterocycles. The number of nitrogens with two attached hydrogens (primary N) is 2. The third-order valence-electron chi connectivity index (χ3n) is 10.2. The van der Waals surface area contributed by atoms with Crippen molar-refractivity contribution in [1.82, 2.24) is 0 Å². The zero-order chi connectivity index (χ0) is 50.9. The Balaban J connectivity index is 0.000000299. The number of benzene rings is 5. The van der Waals surface area contributed by atoms with Crippen LogP contribution in [-0.4, -0.2) is 98.9 Å². The summed E-state index contributed by atoms with van der Waals surface area (Å²) in [5.74, 6) is -7.51. The molecule has 0 spiro atoms. The first-order chi connectivity index (χ1) is 31.7. The number of aliphatic hydroxyl groups is 2. The van der Waals surface area contributed by atoms with Gasteiger partial charge in [-0.3, -0.25) is 38.9 Å². The highest BCUT2D eigenvalue weighted by atomic mass is 32.2. The molecule has 0 heterocycles. The average molecular weight is 1010 g/mol. The number of hydrogen-bond acceptors (Lipinski definition) is 17. The summed E-state index contributed by atoms with van der Waals surface area (Å²) >= 11 is 0. The molecule has 68 heavy (non-hydrogen) atoms. The topological polar surface area (TPSA) is 384 Å². The van der Waals surface area contributed by atoms with Gasteiger partial charge in [-0.25, -0.2) is 0 Å². The predicted octanol–water partition coefficient (Wildman–Crippen LogP) is 5.19. The number of aryl methyl sites for hydroxylation is 1. The van der Waals surface area contributed by atoms with Gasteiger partial charge in [0.05, 0.1) is 9.85 Å². The van der Waals surface area contributed by atoms with Crippen molar-refractivity contribution < 1.29 is 76.1 Å². The molecule has 0 saturated carbocycles. The molecule has 0 fully saturated rings. The van der Waals surface area contributed by atoms with Gasteiger partial charge in [0.2, 0.25) is 20.5 Å². The second-order valence-electron chi connectivity index (χ2n) is 15.5. The minimum absolute atomic E-state index is 0.0303. The van der Waals surface area contributed by atoms with Crippen molar-refractivity contribution in [1.29, 1.82) is 0 Å². The van der Waals surface area contributed by atoms with Crippen LogP contribution in [0.25, 0.3) is 10.8 Å². The second kappa shape index (κ2) is 22.6. The van der Waals surface area contributed by atoms with Gasteiger partial charge in [-0.1, -0.05) is 60.2 Å². The molecule has 5 rings (SSSR count). The Labute approximate surface area is 388 Å². The fourth-order valence-corrected chi connectivity index (χ4v) is 10.4. The summed E-state index contributed by atoms with van der Waals surface area (Å²) in [7, 11) is -9.30. The summed E-state index contributed by atoms with van der Waals surface area (Å²) in [6, 6.07) is 20.4. The van der Waals surface area contributed by atoms with Gasteiger partial charge in [0.25, 0.3) is 0 Å². The molecule has 0 aliphatic rings. The third-order valence-corrected chi connectivity index (χ3v) is 15.4. The van der Waals surface area contributed by atoms with Crippen molar-refractivity contribution in [3.8, 4) is 11.5 Å². The molecule has 5 aromatic carbocycles. The summed E-state index contributed by atoms with van der Waals surface area (Å²) in [4.78, 5) is 65.1. The molecular weight excluding hydrogens is 956 g/mol. The van der Waals surface area contributed by atoms with Crippen LogP contribution in [0.4, 0.5) is 17.1 Å². The van der Waals surface area contributed by atoms with Gasteiger partial charge in [0.1, 0.15) is 23.6 Å². The van der Waals surface area contributed by atoms with Gasteiger partial charge in [0, 0.05) is 49.6 Å². The van der Waals surface area contributed by atoms with Gasteiger partial charge >= 0.3 is 33.4 Å². The van der Waals surface area contributed by atoms with Gasteiger partial charge in [-0.15, -0.1) is 0 Å². The standard InChI is InChI=1S/C24H28N3O8P.C18H21N2O10PS/c1-26(2)20-8-4-6-17-16(5-3-7-18(17)20)14-35-22-10-9-15(13-21(22)27(31)32)24(30)36(33,34)12-11-19(25)23(28)29;1-11-2-5-13(6-3-11)32(28,29)30-16-7-4-12(10-15(16)20(24)25)18(23)31(26,27)9-8-14(19)17(21)22/h3-10,13,19,24,30H,11-12,14,25H2,1-2H3,(H,28,29)(H,33,34);2-7,10,14,18,23H,8-9,19H2,1H3,(H,21,22)(H,26,27)/t19-,24?;14-,18?/m00/s1. The number of rotatable bonds is 21. The number of hydrogen-bond donors (Lipinski definition) is 8. The lowest BCUT2D eigenvalue weighted by Crippen LogP contribution is -2.31. The smallest absolute Gasteiger partial charge is 0.339 e. The van der Waals surface area contributed by atoms with E-state index in [0.717, 1.165) is 45.8 Å². The number of anilines is 1. The van der Waals surface area contributed by atoms with E-state index in [1.54, 1.807) is 6.92 Å². The molecule has 6 atom stereocenters. The number of carboxylic acid groups (broad SMARTS) is 2. The van der Waals surface area contributed by atoms with Crippen LogP contribution < -0.4 is 25.3 Å². The number of nitro groups is 2. The molecular formula is C42H49N5O18P2S. The van der Waals surface area contributed by atoms with Gasteiger partial charge in [-0.05, 0) is 72.2 Å².